The van der Waals surface area contributed by atoms with Crippen LogP contribution in [0.3, 0.4) is 0 Å². The Labute approximate surface area is 97.9 Å². The van der Waals surface area contributed by atoms with Crippen LogP contribution in [-0.2, 0) is 0 Å². The fourth-order valence-electron chi connectivity index (χ4n) is 1.52. The first-order chi connectivity index (χ1) is 7.49. The summed E-state index contributed by atoms with van der Waals surface area (Å²) >= 11 is 5.61. The van der Waals surface area contributed by atoms with E-state index in [0.29, 0.717) is 0 Å². The molecule has 0 saturated carbocycles. The van der Waals surface area contributed by atoms with E-state index in [-0.39, 0.29) is 16.5 Å². The van der Waals surface area contributed by atoms with Crippen LogP contribution in [0.5, 0.6) is 5.75 Å². The molecule has 2 aromatic rings. The summed E-state index contributed by atoms with van der Waals surface area (Å²) in [5.74, 6) is -0.583. The summed E-state index contributed by atoms with van der Waals surface area (Å²) in [5.41, 5.74) is 2.42. The second-order valence-electron chi connectivity index (χ2n) is 3.79. The lowest BCUT2D eigenvalue weighted by atomic mass is 10.2. The second-order valence-corrected chi connectivity index (χ2v) is 4.19. The zero-order chi connectivity index (χ0) is 11.9. The Morgan fingerprint density at radius 1 is 1.19 bits per heavy atom. The van der Waals surface area contributed by atoms with Gasteiger partial charge in [0.2, 0.25) is 0 Å². The number of aryl methyl sites for hydroxylation is 2. The first-order valence-electron chi connectivity index (χ1n) is 4.82. The molecule has 1 N–H and O–H groups in total. The lowest BCUT2D eigenvalue weighted by Gasteiger charge is -2.06. The molecule has 0 saturated heterocycles. The molecule has 0 aliphatic heterocycles. The minimum atomic E-state index is -0.460. The SMILES string of the molecule is Cc1cn(-c2cc(O)c(Cl)cc2F)cc1C. The quantitative estimate of drug-likeness (QED) is 0.808. The molecular weight excluding hydrogens is 229 g/mol. The van der Waals surface area contributed by atoms with Crippen molar-refractivity contribution in [1.82, 2.24) is 4.57 Å². The minimum absolute atomic E-state index is 0.0156. The van der Waals surface area contributed by atoms with Gasteiger partial charge in [-0.1, -0.05) is 11.6 Å². The molecule has 0 aliphatic carbocycles. The van der Waals surface area contributed by atoms with Crippen LogP contribution >= 0.6 is 11.6 Å². The number of phenols is 1. The van der Waals surface area contributed by atoms with Crippen molar-refractivity contribution in [2.24, 2.45) is 0 Å². The summed E-state index contributed by atoms with van der Waals surface area (Å²) in [4.78, 5) is 0. The maximum atomic E-state index is 13.6. The number of nitrogens with zero attached hydrogens (tertiary/aromatic N) is 1. The number of hydrogen-bond acceptors (Lipinski definition) is 1. The van der Waals surface area contributed by atoms with Crippen molar-refractivity contribution in [2.75, 3.05) is 0 Å². The van der Waals surface area contributed by atoms with Crippen LogP contribution in [0, 0.1) is 19.7 Å². The molecule has 1 heterocycles. The van der Waals surface area contributed by atoms with Crippen LogP contribution in [0.25, 0.3) is 5.69 Å². The third-order valence-corrected chi connectivity index (χ3v) is 2.88. The number of hydrogen-bond donors (Lipinski definition) is 1. The van der Waals surface area contributed by atoms with Gasteiger partial charge < -0.3 is 9.67 Å². The van der Waals surface area contributed by atoms with E-state index in [1.807, 2.05) is 13.8 Å². The minimum Gasteiger partial charge on any atom is -0.506 e. The van der Waals surface area contributed by atoms with E-state index in [4.69, 9.17) is 11.6 Å². The molecule has 84 valence electrons. The third-order valence-electron chi connectivity index (χ3n) is 2.58. The van der Waals surface area contributed by atoms with Gasteiger partial charge in [0.05, 0.1) is 10.7 Å². The van der Waals surface area contributed by atoms with Gasteiger partial charge in [0.25, 0.3) is 0 Å². The van der Waals surface area contributed by atoms with Crippen LogP contribution in [0.2, 0.25) is 5.02 Å². The molecule has 2 rings (SSSR count). The normalized spacial score (nSPS) is 10.8. The van der Waals surface area contributed by atoms with Gasteiger partial charge >= 0.3 is 0 Å². The summed E-state index contributed by atoms with van der Waals surface area (Å²) in [6.45, 7) is 3.89. The number of aromatic hydroxyl groups is 1. The van der Waals surface area contributed by atoms with Crippen molar-refractivity contribution in [2.45, 2.75) is 13.8 Å². The van der Waals surface area contributed by atoms with Crippen LogP contribution in [0.15, 0.2) is 24.5 Å². The Morgan fingerprint density at radius 3 is 2.31 bits per heavy atom. The predicted octanol–water partition coefficient (Wildman–Crippen LogP) is 3.59. The summed E-state index contributed by atoms with van der Waals surface area (Å²) in [5, 5.41) is 9.47. The highest BCUT2D eigenvalue weighted by Gasteiger charge is 2.10. The van der Waals surface area contributed by atoms with Crippen LogP contribution < -0.4 is 0 Å². The smallest absolute Gasteiger partial charge is 0.148 e. The molecule has 1 aromatic heterocycles. The maximum absolute atomic E-state index is 13.6. The average Bonchev–Trinajstić information content (AvgIpc) is 2.53. The van der Waals surface area contributed by atoms with Crippen LogP contribution in [0.1, 0.15) is 11.1 Å². The van der Waals surface area contributed by atoms with E-state index in [1.165, 1.54) is 6.07 Å². The van der Waals surface area contributed by atoms with Crippen molar-refractivity contribution in [1.29, 1.82) is 0 Å². The molecule has 2 nitrogen and oxygen atoms in total. The Balaban J connectivity index is 2.60. The van der Waals surface area contributed by atoms with E-state index in [9.17, 15) is 9.50 Å². The maximum Gasteiger partial charge on any atom is 0.148 e. The molecule has 0 spiro atoms. The second kappa shape index (κ2) is 3.83. The molecular formula is C12H11ClFNO. The van der Waals surface area contributed by atoms with Gasteiger partial charge in [0.15, 0.2) is 0 Å². The number of benzene rings is 1. The zero-order valence-electron chi connectivity index (χ0n) is 8.96. The predicted molar refractivity (Wildman–Crippen MR) is 61.9 cm³/mol. The lowest BCUT2D eigenvalue weighted by Crippen LogP contribution is -1.94. The number of aromatic nitrogens is 1. The van der Waals surface area contributed by atoms with E-state index < -0.39 is 5.82 Å². The highest BCUT2D eigenvalue weighted by atomic mass is 35.5. The van der Waals surface area contributed by atoms with Gasteiger partial charge in [-0.2, -0.15) is 0 Å². The van der Waals surface area contributed by atoms with E-state index in [1.54, 1.807) is 17.0 Å². The monoisotopic (exact) mass is 239 g/mol. The van der Waals surface area contributed by atoms with Crippen LogP contribution in [-0.4, -0.2) is 9.67 Å². The Morgan fingerprint density at radius 2 is 1.75 bits per heavy atom. The molecule has 0 amide bonds. The standard InChI is InChI=1S/C12H11ClFNO/c1-7-5-15(6-8(7)2)11-4-12(16)9(13)3-10(11)14/h3-6,16H,1-2H3. The summed E-state index contributed by atoms with van der Waals surface area (Å²) < 4.78 is 15.3. The fourth-order valence-corrected chi connectivity index (χ4v) is 1.67. The molecule has 0 fully saturated rings. The summed E-state index contributed by atoms with van der Waals surface area (Å²) in [6, 6.07) is 2.42. The summed E-state index contributed by atoms with van der Waals surface area (Å²) in [6.07, 6.45) is 3.61. The highest BCUT2D eigenvalue weighted by Crippen LogP contribution is 2.29. The molecule has 0 atom stereocenters. The third kappa shape index (κ3) is 1.78. The fraction of sp³-hybridized carbons (Fsp3) is 0.167. The zero-order valence-corrected chi connectivity index (χ0v) is 9.72. The van der Waals surface area contributed by atoms with Gasteiger partial charge in [0.1, 0.15) is 11.6 Å². The molecule has 1 aromatic carbocycles. The Hall–Kier alpha value is -1.48. The molecule has 16 heavy (non-hydrogen) atoms. The lowest BCUT2D eigenvalue weighted by molar-refractivity contribution is 0.472. The van der Waals surface area contributed by atoms with Gasteiger partial charge in [-0.05, 0) is 31.0 Å². The number of phenolic OH excluding ortho intramolecular Hbond substituents is 1. The molecule has 4 heteroatoms. The van der Waals surface area contributed by atoms with E-state index in [2.05, 4.69) is 0 Å². The van der Waals surface area contributed by atoms with Gasteiger partial charge in [0, 0.05) is 18.5 Å². The molecule has 0 aliphatic rings. The molecule has 0 radical (unpaired) electrons. The number of rotatable bonds is 1. The average molecular weight is 240 g/mol. The van der Waals surface area contributed by atoms with Gasteiger partial charge in [-0.25, -0.2) is 4.39 Å². The summed E-state index contributed by atoms with van der Waals surface area (Å²) in [7, 11) is 0. The number of halogens is 2. The highest BCUT2D eigenvalue weighted by molar-refractivity contribution is 6.32. The Kier molecular flexibility index (Phi) is 2.64. The largest absolute Gasteiger partial charge is 0.506 e. The van der Waals surface area contributed by atoms with Gasteiger partial charge in [-0.3, -0.25) is 0 Å². The first kappa shape index (κ1) is 11.0. The molecule has 0 unspecified atom stereocenters. The molecule has 0 bridgehead atoms. The Bertz CT molecular complexity index is 529. The van der Waals surface area contributed by atoms with E-state index in [0.717, 1.165) is 17.2 Å². The first-order valence-corrected chi connectivity index (χ1v) is 5.20. The van der Waals surface area contributed by atoms with E-state index >= 15 is 0 Å². The van der Waals surface area contributed by atoms with Crippen molar-refractivity contribution in [3.05, 3.63) is 46.5 Å². The van der Waals surface area contributed by atoms with Crippen molar-refractivity contribution < 1.29 is 9.50 Å². The topological polar surface area (TPSA) is 25.2 Å². The van der Waals surface area contributed by atoms with Crippen molar-refractivity contribution in [3.63, 3.8) is 0 Å². The van der Waals surface area contributed by atoms with Crippen LogP contribution in [0.4, 0.5) is 4.39 Å². The van der Waals surface area contributed by atoms with Crippen molar-refractivity contribution in [3.8, 4) is 11.4 Å². The van der Waals surface area contributed by atoms with Crippen molar-refractivity contribution >= 4 is 11.6 Å². The van der Waals surface area contributed by atoms with Gasteiger partial charge in [-0.15, -0.1) is 0 Å².